The van der Waals surface area contributed by atoms with Crippen LogP contribution >= 0.6 is 0 Å². The average Bonchev–Trinajstić information content (AvgIpc) is 2.99. The average molecular weight is 324 g/mol. The zero-order valence-electron chi connectivity index (χ0n) is 14.0. The van der Waals surface area contributed by atoms with Crippen LogP contribution in [0.15, 0.2) is 42.5 Å². The second kappa shape index (κ2) is 6.70. The van der Waals surface area contributed by atoms with Crippen molar-refractivity contribution < 1.29 is 9.53 Å². The van der Waals surface area contributed by atoms with Gasteiger partial charge in [0.15, 0.2) is 0 Å². The van der Waals surface area contributed by atoms with Crippen LogP contribution in [0.3, 0.4) is 0 Å². The summed E-state index contributed by atoms with van der Waals surface area (Å²) in [4.78, 5) is 13.4. The van der Waals surface area contributed by atoms with E-state index in [1.165, 1.54) is 0 Å². The Balaban J connectivity index is 1.86. The summed E-state index contributed by atoms with van der Waals surface area (Å²) in [5.41, 5.74) is 3.07. The lowest BCUT2D eigenvalue weighted by atomic mass is 10.2. The lowest BCUT2D eigenvalue weighted by Gasteiger charge is -2.06. The van der Waals surface area contributed by atoms with Gasteiger partial charge in [0.1, 0.15) is 16.8 Å². The first-order valence-electron chi connectivity index (χ1n) is 7.98. The Kier molecular flexibility index (Phi) is 4.46. The van der Waals surface area contributed by atoms with Crippen LogP contribution in [0.4, 0.5) is 5.69 Å². The highest BCUT2D eigenvalue weighted by atomic mass is 16.5. The summed E-state index contributed by atoms with van der Waals surface area (Å²) < 4.78 is 5.44. The SMILES string of the molecule is CCOc1ccc(-n2nc3ccc(NC(=O)C(C)C)cc3n2)cc1. The molecule has 0 aliphatic carbocycles. The van der Waals surface area contributed by atoms with Gasteiger partial charge in [0.2, 0.25) is 5.91 Å². The van der Waals surface area contributed by atoms with Gasteiger partial charge in [-0.05, 0) is 49.4 Å². The number of anilines is 1. The Bertz CT molecular complexity index is 853. The van der Waals surface area contributed by atoms with Crippen molar-refractivity contribution in [3.05, 3.63) is 42.5 Å². The zero-order valence-corrected chi connectivity index (χ0v) is 14.0. The zero-order chi connectivity index (χ0) is 17.1. The molecule has 0 fully saturated rings. The Morgan fingerprint density at radius 1 is 1.12 bits per heavy atom. The van der Waals surface area contributed by atoms with Gasteiger partial charge < -0.3 is 10.1 Å². The van der Waals surface area contributed by atoms with E-state index >= 15 is 0 Å². The van der Waals surface area contributed by atoms with Crippen molar-refractivity contribution in [3.63, 3.8) is 0 Å². The summed E-state index contributed by atoms with van der Waals surface area (Å²) in [6.07, 6.45) is 0. The fourth-order valence-electron chi connectivity index (χ4n) is 2.24. The molecule has 3 rings (SSSR count). The molecular weight excluding hydrogens is 304 g/mol. The number of hydrogen-bond donors (Lipinski definition) is 1. The molecule has 0 bridgehead atoms. The maximum absolute atomic E-state index is 11.8. The number of hydrogen-bond acceptors (Lipinski definition) is 4. The van der Waals surface area contributed by atoms with Crippen molar-refractivity contribution in [2.75, 3.05) is 11.9 Å². The molecule has 3 aromatic rings. The van der Waals surface area contributed by atoms with E-state index < -0.39 is 0 Å². The van der Waals surface area contributed by atoms with Crippen molar-refractivity contribution in [2.24, 2.45) is 5.92 Å². The van der Waals surface area contributed by atoms with Crippen LogP contribution in [0.2, 0.25) is 0 Å². The molecule has 1 N–H and O–H groups in total. The largest absolute Gasteiger partial charge is 0.494 e. The summed E-state index contributed by atoms with van der Waals surface area (Å²) in [5.74, 6) is 0.727. The van der Waals surface area contributed by atoms with Gasteiger partial charge in [0.25, 0.3) is 0 Å². The van der Waals surface area contributed by atoms with E-state index in [0.717, 1.165) is 28.2 Å². The summed E-state index contributed by atoms with van der Waals surface area (Å²) in [6.45, 7) is 6.30. The lowest BCUT2D eigenvalue weighted by molar-refractivity contribution is -0.118. The first kappa shape index (κ1) is 16.0. The summed E-state index contributed by atoms with van der Waals surface area (Å²) in [5, 5.41) is 11.8. The smallest absolute Gasteiger partial charge is 0.226 e. The highest BCUT2D eigenvalue weighted by Gasteiger charge is 2.10. The maximum atomic E-state index is 11.8. The topological polar surface area (TPSA) is 69.0 Å². The summed E-state index contributed by atoms with van der Waals surface area (Å²) in [6, 6.07) is 13.1. The van der Waals surface area contributed by atoms with Gasteiger partial charge in [-0.25, -0.2) is 0 Å². The number of amides is 1. The molecule has 124 valence electrons. The Hall–Kier alpha value is -2.89. The minimum Gasteiger partial charge on any atom is -0.494 e. The molecule has 0 unspecified atom stereocenters. The number of carbonyl (C=O) groups is 1. The van der Waals surface area contributed by atoms with Gasteiger partial charge in [0.05, 0.1) is 12.3 Å². The standard InChI is InChI=1S/C18H20N4O2/c1-4-24-15-8-6-14(7-9-15)22-20-16-10-5-13(11-17(16)21-22)19-18(23)12(2)3/h5-12H,4H2,1-3H3,(H,19,23). The molecule has 24 heavy (non-hydrogen) atoms. The third-order valence-corrected chi connectivity index (χ3v) is 3.55. The minimum atomic E-state index is -0.0692. The molecule has 0 atom stereocenters. The van der Waals surface area contributed by atoms with Crippen LogP contribution in [-0.2, 0) is 4.79 Å². The second-order valence-corrected chi connectivity index (χ2v) is 5.76. The number of benzene rings is 2. The van der Waals surface area contributed by atoms with E-state index in [4.69, 9.17) is 4.74 Å². The van der Waals surface area contributed by atoms with Crippen LogP contribution in [0.1, 0.15) is 20.8 Å². The number of ether oxygens (including phenoxy) is 1. The van der Waals surface area contributed by atoms with Gasteiger partial charge in [-0.2, -0.15) is 4.80 Å². The first-order valence-corrected chi connectivity index (χ1v) is 7.98. The fraction of sp³-hybridized carbons (Fsp3) is 0.278. The normalized spacial score (nSPS) is 11.0. The molecule has 2 aromatic carbocycles. The van der Waals surface area contributed by atoms with Gasteiger partial charge in [0, 0.05) is 11.6 Å². The Morgan fingerprint density at radius 3 is 2.50 bits per heavy atom. The quantitative estimate of drug-likeness (QED) is 0.781. The lowest BCUT2D eigenvalue weighted by Crippen LogP contribution is -2.17. The fourth-order valence-corrected chi connectivity index (χ4v) is 2.24. The van der Waals surface area contributed by atoms with Crippen molar-refractivity contribution in [1.82, 2.24) is 15.0 Å². The van der Waals surface area contributed by atoms with Crippen LogP contribution < -0.4 is 10.1 Å². The predicted molar refractivity (Wildman–Crippen MR) is 93.5 cm³/mol. The van der Waals surface area contributed by atoms with Gasteiger partial charge >= 0.3 is 0 Å². The van der Waals surface area contributed by atoms with Crippen LogP contribution in [0, 0.1) is 5.92 Å². The number of nitrogens with one attached hydrogen (secondary N) is 1. The molecule has 6 nitrogen and oxygen atoms in total. The molecule has 1 heterocycles. The summed E-state index contributed by atoms with van der Waals surface area (Å²) >= 11 is 0. The Labute approximate surface area is 140 Å². The van der Waals surface area contributed by atoms with Gasteiger partial charge in [-0.1, -0.05) is 13.8 Å². The third kappa shape index (κ3) is 3.37. The number of aromatic nitrogens is 3. The number of rotatable bonds is 5. The maximum Gasteiger partial charge on any atom is 0.226 e. The second-order valence-electron chi connectivity index (χ2n) is 5.76. The first-order chi connectivity index (χ1) is 11.6. The number of fused-ring (bicyclic) bond motifs is 1. The van der Waals surface area contributed by atoms with Crippen LogP contribution in [-0.4, -0.2) is 27.5 Å². The molecule has 0 radical (unpaired) electrons. The minimum absolute atomic E-state index is 0.0201. The molecule has 0 saturated carbocycles. The van der Waals surface area contributed by atoms with E-state index in [0.29, 0.717) is 6.61 Å². The highest BCUT2D eigenvalue weighted by Crippen LogP contribution is 2.19. The number of nitrogens with zero attached hydrogens (tertiary/aromatic N) is 3. The molecule has 0 aliphatic heterocycles. The monoisotopic (exact) mass is 324 g/mol. The van der Waals surface area contributed by atoms with Gasteiger partial charge in [-0.15, -0.1) is 10.2 Å². The van der Waals surface area contributed by atoms with Gasteiger partial charge in [-0.3, -0.25) is 4.79 Å². The third-order valence-electron chi connectivity index (χ3n) is 3.55. The predicted octanol–water partition coefficient (Wildman–Crippen LogP) is 3.41. The van der Waals surface area contributed by atoms with Crippen LogP contribution in [0.5, 0.6) is 5.75 Å². The van der Waals surface area contributed by atoms with Crippen molar-refractivity contribution >= 4 is 22.6 Å². The van der Waals surface area contributed by atoms with E-state index in [-0.39, 0.29) is 11.8 Å². The molecule has 0 saturated heterocycles. The van der Waals surface area contributed by atoms with E-state index in [9.17, 15) is 4.79 Å². The highest BCUT2D eigenvalue weighted by molar-refractivity contribution is 5.94. The van der Waals surface area contributed by atoms with Crippen molar-refractivity contribution in [1.29, 1.82) is 0 Å². The molecule has 1 amide bonds. The van der Waals surface area contributed by atoms with E-state index in [1.807, 2.05) is 63.2 Å². The van der Waals surface area contributed by atoms with Crippen molar-refractivity contribution in [2.45, 2.75) is 20.8 Å². The molecule has 1 aromatic heterocycles. The molecule has 0 spiro atoms. The summed E-state index contributed by atoms with van der Waals surface area (Å²) in [7, 11) is 0. The number of carbonyl (C=O) groups excluding carboxylic acids is 1. The molecular formula is C18H20N4O2. The van der Waals surface area contributed by atoms with E-state index in [1.54, 1.807) is 4.80 Å². The molecule has 6 heteroatoms. The van der Waals surface area contributed by atoms with Crippen LogP contribution in [0.25, 0.3) is 16.7 Å². The van der Waals surface area contributed by atoms with E-state index in [2.05, 4.69) is 15.5 Å². The molecule has 0 aliphatic rings. The Morgan fingerprint density at radius 2 is 1.83 bits per heavy atom. The van der Waals surface area contributed by atoms with Crippen molar-refractivity contribution in [3.8, 4) is 11.4 Å².